The number of nitrogens with zero attached hydrogens (tertiary/aromatic N) is 2. The molecule has 0 spiro atoms. The molecule has 2 saturated carbocycles. The van der Waals surface area contributed by atoms with E-state index in [1.54, 1.807) is 0 Å². The third-order valence-electron chi connectivity index (χ3n) is 6.50. The van der Waals surface area contributed by atoms with Crippen molar-refractivity contribution < 1.29 is 0 Å². The Hall–Kier alpha value is -0.0800. The quantitative estimate of drug-likeness (QED) is 0.757. The van der Waals surface area contributed by atoms with E-state index in [4.69, 9.17) is 0 Å². The molecule has 4 rings (SSSR count). The topological polar surface area (TPSA) is 6.48 Å². The van der Waals surface area contributed by atoms with Crippen LogP contribution < -0.4 is 0 Å². The number of likely N-dealkylation sites (tertiary alicyclic amines) is 2. The van der Waals surface area contributed by atoms with Crippen LogP contribution in [0.25, 0.3) is 0 Å². The third-order valence-corrected chi connectivity index (χ3v) is 6.50. The molecule has 4 fully saturated rings. The number of hydrogen-bond donors (Lipinski definition) is 0. The molecular formula is C16H28N2. The van der Waals surface area contributed by atoms with E-state index in [0.717, 1.165) is 35.8 Å². The lowest BCUT2D eigenvalue weighted by atomic mass is 9.92. The van der Waals surface area contributed by atoms with E-state index < -0.39 is 0 Å². The zero-order valence-corrected chi connectivity index (χ0v) is 12.4. The van der Waals surface area contributed by atoms with Gasteiger partial charge in [-0.1, -0.05) is 0 Å². The molecule has 0 radical (unpaired) electrons. The molecule has 5 unspecified atom stereocenters. The van der Waals surface area contributed by atoms with Gasteiger partial charge < -0.3 is 0 Å². The van der Waals surface area contributed by atoms with Crippen molar-refractivity contribution in [2.45, 2.75) is 58.2 Å². The lowest BCUT2D eigenvalue weighted by molar-refractivity contribution is 0.0843. The largest absolute Gasteiger partial charge is 0.297 e. The van der Waals surface area contributed by atoms with Crippen molar-refractivity contribution in [1.82, 2.24) is 9.80 Å². The monoisotopic (exact) mass is 248 g/mol. The van der Waals surface area contributed by atoms with Crippen LogP contribution in [0.5, 0.6) is 0 Å². The van der Waals surface area contributed by atoms with Crippen molar-refractivity contribution >= 4 is 0 Å². The normalized spacial score (nSPS) is 47.5. The van der Waals surface area contributed by atoms with E-state index in [1.807, 2.05) is 0 Å². The fourth-order valence-electron chi connectivity index (χ4n) is 5.23. The second-order valence-corrected chi connectivity index (χ2v) is 8.11. The van der Waals surface area contributed by atoms with E-state index in [2.05, 4.69) is 37.5 Å². The van der Waals surface area contributed by atoms with Gasteiger partial charge in [0.1, 0.15) is 0 Å². The van der Waals surface area contributed by atoms with Crippen LogP contribution in [0.15, 0.2) is 0 Å². The van der Waals surface area contributed by atoms with E-state index in [0.29, 0.717) is 5.54 Å². The summed E-state index contributed by atoms with van der Waals surface area (Å²) in [7, 11) is 0. The summed E-state index contributed by atoms with van der Waals surface area (Å²) in [6.07, 6.45) is 2.99. The van der Waals surface area contributed by atoms with Crippen LogP contribution in [0, 0.1) is 23.7 Å². The van der Waals surface area contributed by atoms with Gasteiger partial charge in [-0.25, -0.2) is 0 Å². The van der Waals surface area contributed by atoms with Crippen LogP contribution in [0.3, 0.4) is 0 Å². The molecule has 2 aliphatic carbocycles. The Bertz CT molecular complexity index is 352. The smallest absolute Gasteiger partial charge is 0.0199 e. The predicted octanol–water partition coefficient (Wildman–Crippen LogP) is 2.45. The molecule has 0 aromatic carbocycles. The Morgan fingerprint density at radius 2 is 1.78 bits per heavy atom. The SMILES string of the molecule is CC(C)N1CCC2C1C2C(C)(C)N1CC2CC2C1. The Labute approximate surface area is 112 Å². The van der Waals surface area contributed by atoms with Crippen LogP contribution in [0.4, 0.5) is 0 Å². The molecule has 0 amide bonds. The summed E-state index contributed by atoms with van der Waals surface area (Å²) in [5, 5.41) is 0. The molecule has 2 saturated heterocycles. The van der Waals surface area contributed by atoms with Gasteiger partial charge in [-0.05, 0) is 70.8 Å². The first-order valence-electron chi connectivity index (χ1n) is 8.01. The van der Waals surface area contributed by atoms with Crippen molar-refractivity contribution in [2.75, 3.05) is 19.6 Å². The fraction of sp³-hybridized carbons (Fsp3) is 1.00. The molecule has 2 heterocycles. The predicted molar refractivity (Wildman–Crippen MR) is 74.5 cm³/mol. The summed E-state index contributed by atoms with van der Waals surface area (Å²) in [6, 6.07) is 1.66. The maximum atomic E-state index is 2.83. The highest BCUT2D eigenvalue weighted by atomic mass is 15.3. The maximum absolute atomic E-state index is 2.83. The molecule has 0 aromatic heterocycles. The number of fused-ring (bicyclic) bond motifs is 2. The highest BCUT2D eigenvalue weighted by Gasteiger charge is 2.65. The van der Waals surface area contributed by atoms with Gasteiger partial charge in [-0.3, -0.25) is 9.80 Å². The van der Waals surface area contributed by atoms with Gasteiger partial charge in [0.2, 0.25) is 0 Å². The second-order valence-electron chi connectivity index (χ2n) is 8.11. The van der Waals surface area contributed by atoms with Gasteiger partial charge in [0.15, 0.2) is 0 Å². The third kappa shape index (κ3) is 1.48. The summed E-state index contributed by atoms with van der Waals surface area (Å²) < 4.78 is 0. The van der Waals surface area contributed by atoms with E-state index in [9.17, 15) is 0 Å². The minimum Gasteiger partial charge on any atom is -0.297 e. The molecule has 2 heteroatoms. The van der Waals surface area contributed by atoms with Crippen LogP contribution in [0.2, 0.25) is 0 Å². The van der Waals surface area contributed by atoms with Gasteiger partial charge >= 0.3 is 0 Å². The summed E-state index contributed by atoms with van der Waals surface area (Å²) in [6.45, 7) is 13.9. The highest BCUT2D eigenvalue weighted by molar-refractivity contribution is 5.19. The van der Waals surface area contributed by atoms with Crippen LogP contribution in [-0.2, 0) is 0 Å². The average Bonchev–Trinajstić information content (AvgIpc) is 3.12. The molecule has 18 heavy (non-hydrogen) atoms. The Kier molecular flexibility index (Phi) is 2.29. The van der Waals surface area contributed by atoms with Crippen LogP contribution in [0.1, 0.15) is 40.5 Å². The first-order chi connectivity index (χ1) is 8.50. The molecule has 2 aliphatic heterocycles. The van der Waals surface area contributed by atoms with Crippen molar-refractivity contribution in [3.8, 4) is 0 Å². The number of hydrogen-bond acceptors (Lipinski definition) is 2. The van der Waals surface area contributed by atoms with Crippen LogP contribution >= 0.6 is 0 Å². The van der Waals surface area contributed by atoms with Gasteiger partial charge in [-0.2, -0.15) is 0 Å². The molecule has 2 nitrogen and oxygen atoms in total. The number of rotatable bonds is 3. The highest BCUT2D eigenvalue weighted by Crippen LogP contribution is 2.59. The van der Waals surface area contributed by atoms with Crippen molar-refractivity contribution in [3.63, 3.8) is 0 Å². The standard InChI is InChI=1S/C16H28N2/c1-10(2)18-6-5-13-14(15(13)18)16(3,4)17-8-11-7-12(11)9-17/h10-15H,5-9H2,1-4H3. The first-order valence-corrected chi connectivity index (χ1v) is 8.01. The Balaban J connectivity index is 1.48. The average molecular weight is 248 g/mol. The maximum Gasteiger partial charge on any atom is 0.0199 e. The summed E-state index contributed by atoms with van der Waals surface area (Å²) in [5.41, 5.74) is 0.455. The van der Waals surface area contributed by atoms with Crippen molar-refractivity contribution in [3.05, 3.63) is 0 Å². The van der Waals surface area contributed by atoms with Gasteiger partial charge in [-0.15, -0.1) is 0 Å². The first kappa shape index (κ1) is 11.7. The van der Waals surface area contributed by atoms with Gasteiger partial charge in [0.05, 0.1) is 0 Å². The molecular weight excluding hydrogens is 220 g/mol. The molecule has 0 bridgehead atoms. The van der Waals surface area contributed by atoms with Crippen molar-refractivity contribution in [2.24, 2.45) is 23.7 Å². The molecule has 0 aromatic rings. The lowest BCUT2D eigenvalue weighted by Gasteiger charge is -2.40. The fourth-order valence-corrected chi connectivity index (χ4v) is 5.23. The number of piperidine rings is 2. The molecule has 4 aliphatic rings. The van der Waals surface area contributed by atoms with Crippen molar-refractivity contribution in [1.29, 1.82) is 0 Å². The summed E-state index contributed by atoms with van der Waals surface area (Å²) in [5.74, 6) is 4.11. The minimum atomic E-state index is 0.455. The zero-order valence-electron chi connectivity index (χ0n) is 12.4. The van der Waals surface area contributed by atoms with Gasteiger partial charge in [0, 0.05) is 30.7 Å². The molecule has 0 N–H and O–H groups in total. The molecule has 5 atom stereocenters. The second kappa shape index (κ2) is 3.52. The summed E-state index contributed by atoms with van der Waals surface area (Å²) >= 11 is 0. The minimum absolute atomic E-state index is 0.455. The molecule has 102 valence electrons. The van der Waals surface area contributed by atoms with E-state index in [-0.39, 0.29) is 0 Å². The summed E-state index contributed by atoms with van der Waals surface area (Å²) in [4.78, 5) is 5.60. The lowest BCUT2D eigenvalue weighted by Crippen LogP contribution is -2.48. The van der Waals surface area contributed by atoms with Gasteiger partial charge in [0.25, 0.3) is 0 Å². The van der Waals surface area contributed by atoms with Crippen LogP contribution in [-0.4, -0.2) is 47.1 Å². The zero-order chi connectivity index (χ0) is 12.7. The Morgan fingerprint density at radius 1 is 1.11 bits per heavy atom. The van der Waals surface area contributed by atoms with E-state index in [1.165, 1.54) is 32.5 Å². The Morgan fingerprint density at radius 3 is 2.39 bits per heavy atom. The van der Waals surface area contributed by atoms with E-state index >= 15 is 0 Å².